The highest BCUT2D eigenvalue weighted by Crippen LogP contribution is 2.22. The van der Waals surface area contributed by atoms with Gasteiger partial charge in [0.05, 0.1) is 80.4 Å². The Morgan fingerprint density at radius 1 is 0.513 bits per heavy atom. The molecule has 0 aromatic heterocycles. The van der Waals surface area contributed by atoms with E-state index in [0.29, 0.717) is 26.8 Å². The number of benzene rings is 4. The Bertz CT molecular complexity index is 2690. The van der Waals surface area contributed by atoms with E-state index < -0.39 is 119 Å². The normalized spacial score (nSPS) is 11.6. The van der Waals surface area contributed by atoms with Gasteiger partial charge in [-0.25, -0.2) is 28.0 Å². The van der Waals surface area contributed by atoms with E-state index >= 15 is 0 Å². The second kappa shape index (κ2) is 29.1. The van der Waals surface area contributed by atoms with Crippen molar-refractivity contribution in [3.8, 4) is 11.5 Å². The monoisotopic (exact) mass is 1100 g/mol. The van der Waals surface area contributed by atoms with Crippen LogP contribution < -0.4 is 37.1 Å². The maximum absolute atomic E-state index is 13.8. The first kappa shape index (κ1) is 60.5. The molecule has 13 N–H and O–H groups in total. The van der Waals surface area contributed by atoms with E-state index in [0.717, 1.165) is 4.31 Å². The molecular formula is C47H57N9O18S2. The minimum absolute atomic E-state index is 0.115. The highest BCUT2D eigenvalue weighted by Gasteiger charge is 2.34. The fourth-order valence-corrected chi connectivity index (χ4v) is 10.1. The largest absolute Gasteiger partial charge is 0.481 e. The molecule has 0 aliphatic rings. The summed E-state index contributed by atoms with van der Waals surface area (Å²) in [6.45, 7) is -2.65. The van der Waals surface area contributed by atoms with Crippen LogP contribution in [0.2, 0.25) is 0 Å². The number of carbonyl (C=O) groups is 6. The molecule has 0 amide bonds. The molecule has 0 fully saturated rings. The van der Waals surface area contributed by atoms with Crippen molar-refractivity contribution < 1.29 is 85.0 Å². The molecule has 0 radical (unpaired) electrons. The highest BCUT2D eigenvalue weighted by atomic mass is 32.2. The summed E-state index contributed by atoms with van der Waals surface area (Å²) < 4.78 is 80.4. The molecule has 0 spiro atoms. The van der Waals surface area contributed by atoms with Crippen molar-refractivity contribution in [3.63, 3.8) is 0 Å². The van der Waals surface area contributed by atoms with Crippen LogP contribution in [0.4, 0.5) is 11.4 Å². The number of aliphatic imine (C=N–C) groups is 2. The maximum atomic E-state index is 13.8. The number of ether oxygens (including phenoxy) is 4. The van der Waals surface area contributed by atoms with E-state index in [9.17, 15) is 66.0 Å². The van der Waals surface area contributed by atoms with Crippen LogP contribution in [-0.4, -0.2) is 151 Å². The zero-order chi connectivity index (χ0) is 56.0. The van der Waals surface area contributed by atoms with Gasteiger partial charge in [-0.1, -0.05) is 24.3 Å². The predicted molar refractivity (Wildman–Crippen MR) is 272 cm³/mol. The number of hydrogen-bond donors (Lipinski definition) is 9. The lowest BCUT2D eigenvalue weighted by Gasteiger charge is -2.29. The fourth-order valence-electron chi connectivity index (χ4n) is 7.03. The number of rotatable bonds is 33. The van der Waals surface area contributed by atoms with Crippen molar-refractivity contribution in [2.45, 2.75) is 50.7 Å². The van der Waals surface area contributed by atoms with Crippen molar-refractivity contribution in [1.82, 2.24) is 13.3 Å². The summed E-state index contributed by atoms with van der Waals surface area (Å²) in [5.74, 6) is -7.97. The van der Waals surface area contributed by atoms with Gasteiger partial charge in [-0.3, -0.25) is 19.2 Å². The summed E-state index contributed by atoms with van der Waals surface area (Å²) in [5.41, 5.74) is 23.5. The van der Waals surface area contributed by atoms with Gasteiger partial charge in [-0.2, -0.15) is 21.8 Å². The lowest BCUT2D eigenvalue weighted by atomic mass is 10.1. The third kappa shape index (κ3) is 21.0. The Kier molecular flexibility index (Phi) is 23.2. The third-order valence-electron chi connectivity index (χ3n) is 10.5. The number of aliphatic carboxylic acids is 4. The number of guanidine groups is 2. The van der Waals surface area contributed by atoms with E-state index in [-0.39, 0.29) is 67.3 Å². The predicted octanol–water partition coefficient (Wildman–Crippen LogP) is 1.11. The smallest absolute Gasteiger partial charge is 0.343 e. The van der Waals surface area contributed by atoms with Crippen molar-refractivity contribution in [2.24, 2.45) is 32.9 Å². The van der Waals surface area contributed by atoms with Crippen molar-refractivity contribution in [1.29, 1.82) is 0 Å². The number of hydrogen-bond acceptors (Lipinski definition) is 16. The standard InChI is InChI=1S/C47H57N9O18S2/c48-46(49)53-34-9-5-32(6-10-34)44(65)73-38-13-1-30(2-14-38)17-24-75(67,68)55(36(25-40(57)58)26-41(59)60)18-20-71-22-23-72-21-19-56(37(27-42(61)62)28-43(63)64)76(69,70)52-29-31-3-15-39(16-4-31)74-45(66)33-7-11-35(12-8-33)54-47(50)51/h1-16,36-37,52H,17-29H2,(H,57,58)(H,59,60)(H,61,62)(H,63,64)(H4,48,49,53)(H4,50,51,54). The minimum atomic E-state index is -4.62. The second-order valence-electron chi connectivity index (χ2n) is 16.3. The Morgan fingerprint density at radius 2 is 0.882 bits per heavy atom. The number of esters is 2. The van der Waals surface area contributed by atoms with Crippen LogP contribution in [0.15, 0.2) is 107 Å². The molecule has 0 saturated heterocycles. The molecule has 27 nitrogen and oxygen atoms in total. The number of nitrogens with two attached hydrogens (primary N) is 4. The zero-order valence-electron chi connectivity index (χ0n) is 40.5. The Labute approximate surface area is 435 Å². The molecule has 4 rings (SSSR count). The Morgan fingerprint density at radius 3 is 1.26 bits per heavy atom. The Balaban J connectivity index is 1.33. The van der Waals surface area contributed by atoms with Gasteiger partial charge in [0.25, 0.3) is 10.2 Å². The molecule has 29 heteroatoms. The number of carboxylic acids is 4. The van der Waals surface area contributed by atoms with Crippen LogP contribution >= 0.6 is 0 Å². The van der Waals surface area contributed by atoms with Crippen LogP contribution in [0.25, 0.3) is 0 Å². The zero-order valence-corrected chi connectivity index (χ0v) is 42.1. The summed E-state index contributed by atoms with van der Waals surface area (Å²) in [6, 6.07) is 20.3. The van der Waals surface area contributed by atoms with Crippen LogP contribution in [-0.2, 0) is 61.9 Å². The highest BCUT2D eigenvalue weighted by molar-refractivity contribution is 7.89. The average Bonchev–Trinajstić information content (AvgIpc) is 3.33. The molecule has 0 saturated carbocycles. The second-order valence-corrected chi connectivity index (χ2v) is 20.0. The average molecular weight is 1100 g/mol. The van der Waals surface area contributed by atoms with Gasteiger partial charge in [-0.15, -0.1) is 0 Å². The molecule has 0 atom stereocenters. The number of nitrogens with zero attached hydrogens (tertiary/aromatic N) is 4. The van der Waals surface area contributed by atoms with E-state index in [1.165, 1.54) is 97.1 Å². The first-order valence-corrected chi connectivity index (χ1v) is 25.8. The van der Waals surface area contributed by atoms with Gasteiger partial charge in [0.2, 0.25) is 10.0 Å². The van der Waals surface area contributed by atoms with Crippen molar-refractivity contribution >= 4 is 79.3 Å². The summed E-state index contributed by atoms with van der Waals surface area (Å²) >= 11 is 0. The van der Waals surface area contributed by atoms with E-state index in [1.807, 2.05) is 0 Å². The SMILES string of the molecule is NC(N)=Nc1ccc(C(=O)Oc2ccc(CCS(=O)(=O)N(CCOCCOCCN(C(CC(=O)O)CC(=O)O)S(=O)(=O)NCc3ccc(OC(=O)c4ccc(N=C(N)N)cc4)cc3)C(CC(=O)O)CC(=O)O)cc2)cc1. The number of sulfonamides is 1. The maximum Gasteiger partial charge on any atom is 0.343 e. The molecule has 0 unspecified atom stereocenters. The number of nitrogens with one attached hydrogen (secondary N) is 1. The topological polar surface area (TPSA) is 436 Å². The van der Waals surface area contributed by atoms with E-state index in [4.69, 9.17) is 41.9 Å². The van der Waals surface area contributed by atoms with Gasteiger partial charge in [0.1, 0.15) is 11.5 Å². The van der Waals surface area contributed by atoms with Gasteiger partial charge >= 0.3 is 35.8 Å². The molecule has 76 heavy (non-hydrogen) atoms. The Hall–Kier alpha value is -8.06. The minimum Gasteiger partial charge on any atom is -0.481 e. The number of carboxylic acid groups (broad SMARTS) is 4. The van der Waals surface area contributed by atoms with Crippen LogP contribution in [0, 0.1) is 0 Å². The molecule has 0 heterocycles. The van der Waals surface area contributed by atoms with Crippen LogP contribution in [0.1, 0.15) is 57.5 Å². The first-order valence-electron chi connectivity index (χ1n) is 22.7. The molecule has 0 aliphatic carbocycles. The first-order chi connectivity index (χ1) is 35.9. The number of carbonyl (C=O) groups excluding carboxylic acids is 2. The van der Waals surface area contributed by atoms with Gasteiger partial charge < -0.3 is 62.3 Å². The quantitative estimate of drug-likeness (QED) is 0.0106. The molecule has 410 valence electrons. The lowest BCUT2D eigenvalue weighted by molar-refractivity contribution is -0.142. The third-order valence-corrected chi connectivity index (χ3v) is 14.0. The van der Waals surface area contributed by atoms with E-state index in [2.05, 4.69) is 14.7 Å². The van der Waals surface area contributed by atoms with Crippen LogP contribution in [0.5, 0.6) is 11.5 Å². The summed E-state index contributed by atoms with van der Waals surface area (Å²) in [4.78, 5) is 80.0. The molecule has 4 aromatic rings. The summed E-state index contributed by atoms with van der Waals surface area (Å²) in [7, 11) is -8.99. The number of aryl methyl sites for hydroxylation is 1. The van der Waals surface area contributed by atoms with Crippen LogP contribution in [0.3, 0.4) is 0 Å². The molecule has 0 aliphatic heterocycles. The van der Waals surface area contributed by atoms with Gasteiger partial charge in [0.15, 0.2) is 11.9 Å². The molecular weight excluding hydrogens is 1040 g/mol. The lowest BCUT2D eigenvalue weighted by Crippen LogP contribution is -2.49. The van der Waals surface area contributed by atoms with E-state index in [1.54, 1.807) is 0 Å². The van der Waals surface area contributed by atoms with Crippen molar-refractivity contribution in [3.05, 3.63) is 119 Å². The van der Waals surface area contributed by atoms with Crippen molar-refractivity contribution in [2.75, 3.05) is 45.3 Å². The fraction of sp³-hybridized carbons (Fsp3) is 0.319. The molecule has 0 bridgehead atoms. The summed E-state index contributed by atoms with van der Waals surface area (Å²) in [6.07, 6.45) is -3.59. The molecule has 4 aromatic carbocycles. The van der Waals surface area contributed by atoms with Gasteiger partial charge in [0, 0.05) is 31.7 Å². The van der Waals surface area contributed by atoms with Gasteiger partial charge in [-0.05, 0) is 90.3 Å². The summed E-state index contributed by atoms with van der Waals surface area (Å²) in [5, 5.41) is 38.2.